The van der Waals surface area contributed by atoms with Crippen LogP contribution in [0.4, 0.5) is 13.2 Å². The number of nitriles is 1. The Labute approximate surface area is 81.3 Å². The van der Waals surface area contributed by atoms with Crippen LogP contribution in [-0.4, -0.2) is 32.2 Å². The van der Waals surface area contributed by atoms with E-state index < -0.39 is 25.9 Å². The van der Waals surface area contributed by atoms with Crippen LogP contribution in [0.1, 0.15) is 0 Å². The van der Waals surface area contributed by atoms with Gasteiger partial charge < -0.3 is 0 Å². The lowest BCUT2D eigenvalue weighted by Crippen LogP contribution is -2.27. The Morgan fingerprint density at radius 2 is 1.79 bits per heavy atom. The zero-order valence-corrected chi connectivity index (χ0v) is 8.96. The number of alkyl halides is 3. The summed E-state index contributed by atoms with van der Waals surface area (Å²) in [4.78, 5) is 0. The highest BCUT2D eigenvalue weighted by molar-refractivity contribution is 8.32. The third-order valence-electron chi connectivity index (χ3n) is 0.969. The molecular formula is C5H8F3NO3S2. The van der Waals surface area contributed by atoms with Crippen LogP contribution in [0, 0.1) is 11.3 Å². The van der Waals surface area contributed by atoms with E-state index in [0.29, 0.717) is 0 Å². The lowest BCUT2D eigenvalue weighted by atomic mass is 10.9. The summed E-state index contributed by atoms with van der Waals surface area (Å²) >= 11 is 0. The van der Waals surface area contributed by atoms with Crippen LogP contribution in [0.3, 0.4) is 0 Å². The van der Waals surface area contributed by atoms with Gasteiger partial charge in [-0.1, -0.05) is 0 Å². The first-order chi connectivity index (χ1) is 6.02. The Kier molecular flexibility index (Phi) is 3.83. The van der Waals surface area contributed by atoms with Crippen molar-refractivity contribution < 1.29 is 25.2 Å². The molecule has 0 saturated heterocycles. The highest BCUT2D eigenvalue weighted by atomic mass is 32.3. The minimum atomic E-state index is -5.59. The molecule has 84 valence electrons. The number of halogens is 3. The Balaban J connectivity index is 4.80. The fourth-order valence-corrected chi connectivity index (χ4v) is 3.21. The van der Waals surface area contributed by atoms with Gasteiger partial charge in [-0.3, -0.25) is 0 Å². The van der Waals surface area contributed by atoms with Crippen molar-refractivity contribution in [2.45, 2.75) is 5.51 Å². The highest BCUT2D eigenvalue weighted by Crippen LogP contribution is 2.45. The Hall–Kier alpha value is -0.460. The molecule has 0 saturated carbocycles. The predicted molar refractivity (Wildman–Crippen MR) is 46.0 cm³/mol. The number of rotatable bonds is 3. The molecule has 0 amide bonds. The van der Waals surface area contributed by atoms with Crippen molar-refractivity contribution in [3.8, 4) is 6.07 Å². The van der Waals surface area contributed by atoms with E-state index in [2.05, 4.69) is 3.63 Å². The van der Waals surface area contributed by atoms with Crippen molar-refractivity contribution in [2.24, 2.45) is 0 Å². The lowest BCUT2D eigenvalue weighted by molar-refractivity contribution is -0.0495. The highest BCUT2D eigenvalue weighted by Gasteiger charge is 2.49. The predicted octanol–water partition coefficient (Wildman–Crippen LogP) is 1.36. The van der Waals surface area contributed by atoms with E-state index in [-0.39, 0.29) is 5.75 Å². The molecule has 0 rings (SSSR count). The Morgan fingerprint density at radius 1 is 1.36 bits per heavy atom. The standard InChI is InChI=1S/C5H8F3NO3S2/c1-13(2,4-3-9)12-14(10,11)5(6,7)8/h4H2,1-2H3. The molecule has 0 aliphatic heterocycles. The largest absolute Gasteiger partial charge is 0.523 e. The first-order valence-corrected chi connectivity index (χ1v) is 7.07. The molecule has 0 spiro atoms. The summed E-state index contributed by atoms with van der Waals surface area (Å²) in [5.41, 5.74) is -5.44. The van der Waals surface area contributed by atoms with Gasteiger partial charge in [0.1, 0.15) is 0 Å². The van der Waals surface area contributed by atoms with E-state index in [4.69, 9.17) is 5.26 Å². The third-order valence-corrected chi connectivity index (χ3v) is 4.55. The maximum atomic E-state index is 11.8. The van der Waals surface area contributed by atoms with Crippen LogP contribution in [0.25, 0.3) is 0 Å². The summed E-state index contributed by atoms with van der Waals surface area (Å²) in [6.45, 7) is 0. The molecule has 0 atom stereocenters. The van der Waals surface area contributed by atoms with Gasteiger partial charge in [-0.2, -0.15) is 26.9 Å². The molecule has 0 aromatic carbocycles. The maximum Gasteiger partial charge on any atom is 0.523 e. The van der Waals surface area contributed by atoms with Gasteiger partial charge in [-0.25, -0.2) is 3.63 Å². The minimum absolute atomic E-state index is 0.373. The normalized spacial score (nSPS) is 14.9. The minimum Gasteiger partial charge on any atom is -0.213 e. The molecule has 0 N–H and O–H groups in total. The van der Waals surface area contributed by atoms with Gasteiger partial charge in [0.15, 0.2) is 0 Å². The SMILES string of the molecule is CS(C)(CC#N)OS(=O)(=O)C(F)(F)F. The second-order valence-electron chi connectivity index (χ2n) is 2.71. The fraction of sp³-hybridized carbons (Fsp3) is 0.800. The van der Waals surface area contributed by atoms with E-state index in [0.717, 1.165) is 0 Å². The summed E-state index contributed by atoms with van der Waals surface area (Å²) in [5.74, 6) is -0.373. The van der Waals surface area contributed by atoms with Gasteiger partial charge in [0.25, 0.3) is 0 Å². The molecular weight excluding hydrogens is 243 g/mol. The first-order valence-electron chi connectivity index (χ1n) is 3.12. The monoisotopic (exact) mass is 251 g/mol. The number of hydrogen-bond donors (Lipinski definition) is 0. The van der Waals surface area contributed by atoms with Crippen molar-refractivity contribution >= 4 is 20.4 Å². The van der Waals surface area contributed by atoms with Crippen molar-refractivity contribution in [1.29, 1.82) is 5.26 Å². The maximum absolute atomic E-state index is 11.8. The molecule has 0 bridgehead atoms. The second-order valence-corrected chi connectivity index (χ2v) is 7.78. The van der Waals surface area contributed by atoms with Crippen molar-refractivity contribution in [3.05, 3.63) is 0 Å². The van der Waals surface area contributed by atoms with Crippen LogP contribution in [0.2, 0.25) is 0 Å². The van der Waals surface area contributed by atoms with Crippen LogP contribution < -0.4 is 0 Å². The van der Waals surface area contributed by atoms with Gasteiger partial charge in [0, 0.05) is 0 Å². The summed E-state index contributed by atoms with van der Waals surface area (Å²) in [7, 11) is -8.13. The van der Waals surface area contributed by atoms with Gasteiger partial charge >= 0.3 is 15.6 Å². The quantitative estimate of drug-likeness (QED) is 0.710. The number of hydrogen-bond acceptors (Lipinski definition) is 4. The average Bonchev–Trinajstić information content (AvgIpc) is 1.80. The topological polar surface area (TPSA) is 67.2 Å². The molecule has 0 aromatic heterocycles. The molecule has 0 aliphatic rings. The van der Waals surface area contributed by atoms with Crippen LogP contribution in [0.15, 0.2) is 0 Å². The Morgan fingerprint density at radius 3 is 2.07 bits per heavy atom. The van der Waals surface area contributed by atoms with E-state index >= 15 is 0 Å². The third kappa shape index (κ3) is 3.73. The summed E-state index contributed by atoms with van der Waals surface area (Å²) in [6, 6.07) is 1.56. The van der Waals surface area contributed by atoms with E-state index in [1.165, 1.54) is 12.5 Å². The van der Waals surface area contributed by atoms with E-state index in [1.807, 2.05) is 0 Å². The van der Waals surface area contributed by atoms with Crippen molar-refractivity contribution in [3.63, 3.8) is 0 Å². The molecule has 0 unspecified atom stereocenters. The molecule has 0 heterocycles. The fourth-order valence-electron chi connectivity index (χ4n) is 0.461. The lowest BCUT2D eigenvalue weighted by Gasteiger charge is -2.26. The van der Waals surface area contributed by atoms with Crippen molar-refractivity contribution in [2.75, 3.05) is 18.3 Å². The summed E-state index contributed by atoms with van der Waals surface area (Å²) < 4.78 is 60.4. The summed E-state index contributed by atoms with van der Waals surface area (Å²) in [6.07, 6.45) is 2.33. The molecule has 4 nitrogen and oxygen atoms in total. The van der Waals surface area contributed by atoms with Gasteiger partial charge in [0.2, 0.25) is 0 Å². The molecule has 0 radical (unpaired) electrons. The number of nitrogens with zero attached hydrogens (tertiary/aromatic N) is 1. The zero-order chi connectivity index (χ0) is 11.6. The molecule has 0 fully saturated rings. The van der Waals surface area contributed by atoms with Crippen LogP contribution in [0.5, 0.6) is 0 Å². The Bertz CT molecular complexity index is 340. The molecule has 0 aliphatic carbocycles. The smallest absolute Gasteiger partial charge is 0.213 e. The first kappa shape index (κ1) is 13.5. The zero-order valence-electron chi connectivity index (χ0n) is 7.33. The van der Waals surface area contributed by atoms with E-state index in [1.54, 1.807) is 6.07 Å². The van der Waals surface area contributed by atoms with Crippen molar-refractivity contribution in [1.82, 2.24) is 0 Å². The van der Waals surface area contributed by atoms with Gasteiger partial charge in [-0.15, -0.1) is 10.3 Å². The second kappa shape index (κ2) is 3.96. The van der Waals surface area contributed by atoms with Crippen LogP contribution >= 0.6 is 10.3 Å². The van der Waals surface area contributed by atoms with E-state index in [9.17, 15) is 21.6 Å². The molecule has 14 heavy (non-hydrogen) atoms. The summed E-state index contributed by atoms with van der Waals surface area (Å²) in [5, 5.41) is 8.22. The van der Waals surface area contributed by atoms with Gasteiger partial charge in [-0.05, 0) is 12.5 Å². The van der Waals surface area contributed by atoms with Gasteiger partial charge in [0.05, 0.1) is 11.8 Å². The van der Waals surface area contributed by atoms with Crippen LogP contribution in [-0.2, 0) is 13.7 Å². The average molecular weight is 251 g/mol. The molecule has 0 aromatic rings. The molecule has 9 heteroatoms.